The maximum atomic E-state index is 13.1. The lowest BCUT2D eigenvalue weighted by Gasteiger charge is -2.26. The molecule has 0 radical (unpaired) electrons. The van der Waals surface area contributed by atoms with Crippen molar-refractivity contribution in [3.63, 3.8) is 0 Å². The Morgan fingerprint density at radius 3 is 2.62 bits per heavy atom. The van der Waals surface area contributed by atoms with E-state index in [1.54, 1.807) is 6.07 Å². The molecule has 1 N–H and O–H groups in total. The Labute approximate surface area is 98.1 Å². The third-order valence-electron chi connectivity index (χ3n) is 2.94. The molecule has 1 aromatic rings. The van der Waals surface area contributed by atoms with Crippen LogP contribution in [0, 0.1) is 12.7 Å². The van der Waals surface area contributed by atoms with Gasteiger partial charge in [-0.1, -0.05) is 19.4 Å². The van der Waals surface area contributed by atoms with Crippen molar-refractivity contribution in [1.82, 2.24) is 5.32 Å². The van der Waals surface area contributed by atoms with Crippen LogP contribution in [0.15, 0.2) is 18.2 Å². The first-order chi connectivity index (χ1) is 7.44. The first-order valence-corrected chi connectivity index (χ1v) is 5.94. The molecule has 0 fully saturated rings. The van der Waals surface area contributed by atoms with Gasteiger partial charge >= 0.3 is 0 Å². The van der Waals surface area contributed by atoms with Gasteiger partial charge in [0, 0.05) is 12.1 Å². The van der Waals surface area contributed by atoms with Gasteiger partial charge in [0.25, 0.3) is 0 Å². The Hall–Kier alpha value is -0.890. The monoisotopic (exact) mass is 223 g/mol. The number of halogens is 1. The van der Waals surface area contributed by atoms with E-state index < -0.39 is 0 Å². The largest absolute Gasteiger partial charge is 0.308 e. The fourth-order valence-electron chi connectivity index (χ4n) is 1.88. The Morgan fingerprint density at radius 2 is 2.00 bits per heavy atom. The van der Waals surface area contributed by atoms with E-state index in [0.717, 1.165) is 30.5 Å². The van der Waals surface area contributed by atoms with Gasteiger partial charge in [-0.25, -0.2) is 4.39 Å². The average molecular weight is 223 g/mol. The van der Waals surface area contributed by atoms with E-state index >= 15 is 0 Å². The minimum atomic E-state index is -0.157. The summed E-state index contributed by atoms with van der Waals surface area (Å²) in [6.07, 6.45) is 2.28. The molecule has 0 heterocycles. The first kappa shape index (κ1) is 13.2. The minimum absolute atomic E-state index is 0.119. The van der Waals surface area contributed by atoms with Crippen molar-refractivity contribution in [2.24, 2.45) is 0 Å². The standard InChI is InChI=1S/C14H22FN/c1-5-8-14(3,4)16-10-12-9-13(15)7-6-11(12)2/h6-7,9,16H,5,8,10H2,1-4H3. The molecule has 1 nitrogen and oxygen atoms in total. The molecular weight excluding hydrogens is 201 g/mol. The topological polar surface area (TPSA) is 12.0 Å². The van der Waals surface area contributed by atoms with E-state index in [9.17, 15) is 4.39 Å². The van der Waals surface area contributed by atoms with Gasteiger partial charge < -0.3 is 5.32 Å². The SMILES string of the molecule is CCCC(C)(C)NCc1cc(F)ccc1C. The molecule has 0 bridgehead atoms. The van der Waals surface area contributed by atoms with Gasteiger partial charge in [0.1, 0.15) is 5.82 Å². The minimum Gasteiger partial charge on any atom is -0.308 e. The Kier molecular flexibility index (Phi) is 4.48. The maximum absolute atomic E-state index is 13.1. The number of hydrogen-bond acceptors (Lipinski definition) is 1. The molecule has 0 saturated heterocycles. The molecule has 0 aliphatic carbocycles. The number of hydrogen-bond donors (Lipinski definition) is 1. The second kappa shape index (κ2) is 5.44. The number of nitrogens with one attached hydrogen (secondary N) is 1. The summed E-state index contributed by atoms with van der Waals surface area (Å²) >= 11 is 0. The van der Waals surface area contributed by atoms with Crippen LogP contribution in [-0.4, -0.2) is 5.54 Å². The second-order valence-corrected chi connectivity index (χ2v) is 5.06. The van der Waals surface area contributed by atoms with Crippen LogP contribution >= 0.6 is 0 Å². The lowest BCUT2D eigenvalue weighted by atomic mass is 9.98. The molecule has 90 valence electrons. The van der Waals surface area contributed by atoms with Crippen molar-refractivity contribution in [3.05, 3.63) is 35.1 Å². The third-order valence-corrected chi connectivity index (χ3v) is 2.94. The molecule has 0 spiro atoms. The summed E-state index contributed by atoms with van der Waals surface area (Å²) in [5.74, 6) is -0.157. The molecule has 0 aliphatic heterocycles. The van der Waals surface area contributed by atoms with Crippen LogP contribution in [0.5, 0.6) is 0 Å². The zero-order valence-electron chi connectivity index (χ0n) is 10.7. The number of benzene rings is 1. The molecule has 0 saturated carbocycles. The van der Waals surface area contributed by atoms with Crippen LogP contribution in [0.3, 0.4) is 0 Å². The van der Waals surface area contributed by atoms with Crippen molar-refractivity contribution in [1.29, 1.82) is 0 Å². The summed E-state index contributed by atoms with van der Waals surface area (Å²) in [4.78, 5) is 0. The highest BCUT2D eigenvalue weighted by Crippen LogP contribution is 2.14. The first-order valence-electron chi connectivity index (χ1n) is 5.94. The van der Waals surface area contributed by atoms with Gasteiger partial charge in [-0.3, -0.25) is 0 Å². The summed E-state index contributed by atoms with van der Waals surface area (Å²) in [6.45, 7) is 9.30. The molecular formula is C14H22FN. The predicted octanol–water partition coefficient (Wildman–Crippen LogP) is 3.80. The van der Waals surface area contributed by atoms with Gasteiger partial charge in [-0.15, -0.1) is 0 Å². The van der Waals surface area contributed by atoms with E-state index in [0.29, 0.717) is 0 Å². The predicted molar refractivity (Wildman–Crippen MR) is 67.0 cm³/mol. The summed E-state index contributed by atoms with van der Waals surface area (Å²) in [7, 11) is 0. The van der Waals surface area contributed by atoms with E-state index in [1.165, 1.54) is 6.07 Å². The zero-order chi connectivity index (χ0) is 12.2. The highest BCUT2D eigenvalue weighted by molar-refractivity contribution is 5.26. The highest BCUT2D eigenvalue weighted by Gasteiger charge is 2.15. The van der Waals surface area contributed by atoms with Crippen molar-refractivity contribution in [2.45, 2.75) is 52.6 Å². The van der Waals surface area contributed by atoms with E-state index in [4.69, 9.17) is 0 Å². The van der Waals surface area contributed by atoms with Crippen LogP contribution in [0.2, 0.25) is 0 Å². The molecule has 0 aliphatic rings. The van der Waals surface area contributed by atoms with Gasteiger partial charge in [0.05, 0.1) is 0 Å². The van der Waals surface area contributed by atoms with Crippen molar-refractivity contribution < 1.29 is 4.39 Å². The lowest BCUT2D eigenvalue weighted by molar-refractivity contribution is 0.356. The quantitative estimate of drug-likeness (QED) is 0.800. The van der Waals surface area contributed by atoms with Crippen molar-refractivity contribution in [3.8, 4) is 0 Å². The molecule has 1 rings (SSSR count). The fraction of sp³-hybridized carbons (Fsp3) is 0.571. The van der Waals surface area contributed by atoms with Crippen molar-refractivity contribution >= 4 is 0 Å². The third kappa shape index (κ3) is 3.93. The smallest absolute Gasteiger partial charge is 0.123 e. The van der Waals surface area contributed by atoms with Crippen LogP contribution in [0.25, 0.3) is 0 Å². The molecule has 0 atom stereocenters. The van der Waals surface area contributed by atoms with E-state index in [1.807, 2.05) is 13.0 Å². The fourth-order valence-corrected chi connectivity index (χ4v) is 1.88. The van der Waals surface area contributed by atoms with E-state index in [2.05, 4.69) is 26.1 Å². The normalized spacial score (nSPS) is 11.8. The molecule has 16 heavy (non-hydrogen) atoms. The maximum Gasteiger partial charge on any atom is 0.123 e. The number of aryl methyl sites for hydroxylation is 1. The van der Waals surface area contributed by atoms with Crippen LogP contribution in [0.4, 0.5) is 4.39 Å². The highest BCUT2D eigenvalue weighted by atomic mass is 19.1. The van der Waals surface area contributed by atoms with Crippen molar-refractivity contribution in [2.75, 3.05) is 0 Å². The molecule has 0 amide bonds. The average Bonchev–Trinajstić information content (AvgIpc) is 2.19. The van der Waals surface area contributed by atoms with Crippen LogP contribution in [0.1, 0.15) is 44.7 Å². The van der Waals surface area contributed by atoms with Gasteiger partial charge in [0.15, 0.2) is 0 Å². The van der Waals surface area contributed by atoms with Crippen LogP contribution < -0.4 is 5.32 Å². The number of rotatable bonds is 5. The Morgan fingerprint density at radius 1 is 1.31 bits per heavy atom. The summed E-state index contributed by atoms with van der Waals surface area (Å²) in [6, 6.07) is 4.96. The zero-order valence-corrected chi connectivity index (χ0v) is 10.7. The van der Waals surface area contributed by atoms with Gasteiger partial charge in [-0.05, 0) is 50.5 Å². The Balaban J connectivity index is 2.63. The molecule has 0 aromatic heterocycles. The molecule has 1 aromatic carbocycles. The summed E-state index contributed by atoms with van der Waals surface area (Å²) < 4.78 is 13.1. The summed E-state index contributed by atoms with van der Waals surface area (Å²) in [5.41, 5.74) is 2.30. The summed E-state index contributed by atoms with van der Waals surface area (Å²) in [5, 5.41) is 3.48. The Bertz CT molecular complexity index is 345. The lowest BCUT2D eigenvalue weighted by Crippen LogP contribution is -2.38. The molecule has 0 unspecified atom stereocenters. The molecule has 2 heteroatoms. The second-order valence-electron chi connectivity index (χ2n) is 5.06. The van der Waals surface area contributed by atoms with Crippen LogP contribution in [-0.2, 0) is 6.54 Å². The van der Waals surface area contributed by atoms with Gasteiger partial charge in [0.2, 0.25) is 0 Å². The van der Waals surface area contributed by atoms with Gasteiger partial charge in [-0.2, -0.15) is 0 Å². The van der Waals surface area contributed by atoms with E-state index in [-0.39, 0.29) is 11.4 Å².